The minimum atomic E-state index is -3.91. The molecule has 3 rings (SSSR count). The van der Waals surface area contributed by atoms with Crippen LogP contribution >= 0.6 is 0 Å². The summed E-state index contributed by atoms with van der Waals surface area (Å²) in [6.07, 6.45) is 0.185. The van der Waals surface area contributed by atoms with Crippen molar-refractivity contribution < 1.29 is 22.7 Å². The number of hydrogen-bond acceptors (Lipinski definition) is 3. The first kappa shape index (κ1) is 16.6. The standard InChI is InChI=1S/C17H16FNO4S/c18-13-5-7-14(8-6-13)24(22,23)19-10-9-12-3-1-2-4-15(12)16(19)11-17(20)21/h1-8,16H,9-11H2,(H,20,21)/t16-/m0/s1. The van der Waals surface area contributed by atoms with Gasteiger partial charge in [0, 0.05) is 6.54 Å². The van der Waals surface area contributed by atoms with Crippen LogP contribution in [0.25, 0.3) is 0 Å². The van der Waals surface area contributed by atoms with Crippen molar-refractivity contribution in [3.05, 3.63) is 65.5 Å². The molecule has 1 N–H and O–H groups in total. The number of benzene rings is 2. The van der Waals surface area contributed by atoms with Gasteiger partial charge in [0.25, 0.3) is 0 Å². The summed E-state index contributed by atoms with van der Waals surface area (Å²) in [5.74, 6) is -1.60. The van der Waals surface area contributed by atoms with E-state index in [1.807, 2.05) is 12.1 Å². The molecule has 0 saturated carbocycles. The lowest BCUT2D eigenvalue weighted by atomic mass is 9.92. The molecule has 1 atom stereocenters. The van der Waals surface area contributed by atoms with E-state index in [4.69, 9.17) is 0 Å². The topological polar surface area (TPSA) is 74.7 Å². The Labute approximate surface area is 139 Å². The maximum atomic E-state index is 13.1. The zero-order valence-electron chi connectivity index (χ0n) is 12.7. The molecule has 126 valence electrons. The van der Waals surface area contributed by atoms with Crippen LogP contribution in [0.3, 0.4) is 0 Å². The predicted octanol–water partition coefficient (Wildman–Crippen LogP) is 2.59. The quantitative estimate of drug-likeness (QED) is 0.921. The SMILES string of the molecule is O=C(O)C[C@H]1c2ccccc2CCN1S(=O)(=O)c1ccc(F)cc1. The summed E-state index contributed by atoms with van der Waals surface area (Å²) in [5.41, 5.74) is 1.66. The van der Waals surface area contributed by atoms with Crippen molar-refractivity contribution in [3.8, 4) is 0 Å². The number of fused-ring (bicyclic) bond motifs is 1. The Morgan fingerprint density at radius 2 is 1.83 bits per heavy atom. The Morgan fingerprint density at radius 3 is 2.50 bits per heavy atom. The minimum Gasteiger partial charge on any atom is -0.481 e. The highest BCUT2D eigenvalue weighted by molar-refractivity contribution is 7.89. The zero-order chi connectivity index (χ0) is 17.3. The van der Waals surface area contributed by atoms with Gasteiger partial charge >= 0.3 is 5.97 Å². The number of nitrogens with zero attached hydrogens (tertiary/aromatic N) is 1. The van der Waals surface area contributed by atoms with Crippen molar-refractivity contribution in [1.82, 2.24) is 4.31 Å². The normalized spacial score (nSPS) is 18.1. The van der Waals surface area contributed by atoms with Crippen molar-refractivity contribution in [2.75, 3.05) is 6.54 Å². The molecule has 24 heavy (non-hydrogen) atoms. The third-order valence-corrected chi connectivity index (χ3v) is 6.07. The summed E-state index contributed by atoms with van der Waals surface area (Å²) < 4.78 is 40.1. The molecule has 0 spiro atoms. The van der Waals surface area contributed by atoms with Gasteiger partial charge in [0.15, 0.2) is 0 Å². The third kappa shape index (κ3) is 3.05. The molecule has 1 aliphatic heterocycles. The van der Waals surface area contributed by atoms with E-state index in [0.29, 0.717) is 12.0 Å². The van der Waals surface area contributed by atoms with E-state index in [1.165, 1.54) is 16.4 Å². The van der Waals surface area contributed by atoms with Gasteiger partial charge in [0.2, 0.25) is 10.0 Å². The van der Waals surface area contributed by atoms with Gasteiger partial charge in [-0.25, -0.2) is 12.8 Å². The fraction of sp³-hybridized carbons (Fsp3) is 0.235. The molecule has 0 aromatic heterocycles. The van der Waals surface area contributed by atoms with Crippen LogP contribution in [0, 0.1) is 5.82 Å². The van der Waals surface area contributed by atoms with Crippen LogP contribution in [0.2, 0.25) is 0 Å². The largest absolute Gasteiger partial charge is 0.481 e. The lowest BCUT2D eigenvalue weighted by Gasteiger charge is -2.35. The molecule has 2 aromatic carbocycles. The van der Waals surface area contributed by atoms with E-state index in [2.05, 4.69) is 0 Å². The Hall–Kier alpha value is -2.25. The summed E-state index contributed by atoms with van der Waals surface area (Å²) in [4.78, 5) is 11.2. The molecule has 0 fully saturated rings. The molecule has 2 aromatic rings. The van der Waals surface area contributed by atoms with Crippen LogP contribution in [-0.4, -0.2) is 30.3 Å². The van der Waals surface area contributed by atoms with Gasteiger partial charge < -0.3 is 5.11 Å². The summed E-state index contributed by atoms with van der Waals surface area (Å²) in [6, 6.07) is 11.0. The molecule has 0 saturated heterocycles. The monoisotopic (exact) mass is 349 g/mol. The van der Waals surface area contributed by atoms with Crippen LogP contribution in [0.1, 0.15) is 23.6 Å². The van der Waals surface area contributed by atoms with Crippen LogP contribution < -0.4 is 0 Å². The second-order valence-electron chi connectivity index (χ2n) is 5.63. The average Bonchev–Trinajstić information content (AvgIpc) is 2.55. The van der Waals surface area contributed by atoms with Crippen molar-refractivity contribution in [3.63, 3.8) is 0 Å². The van der Waals surface area contributed by atoms with Gasteiger partial charge in [-0.05, 0) is 41.8 Å². The van der Waals surface area contributed by atoms with Crippen LogP contribution in [0.5, 0.6) is 0 Å². The van der Waals surface area contributed by atoms with E-state index in [9.17, 15) is 22.7 Å². The number of aliphatic carboxylic acids is 1. The maximum Gasteiger partial charge on any atom is 0.305 e. The highest BCUT2D eigenvalue weighted by Crippen LogP contribution is 2.36. The third-order valence-electron chi connectivity index (χ3n) is 4.15. The minimum absolute atomic E-state index is 0.0429. The summed E-state index contributed by atoms with van der Waals surface area (Å²) in [6.45, 7) is 0.189. The molecule has 1 aliphatic rings. The second kappa shape index (κ2) is 6.33. The zero-order valence-corrected chi connectivity index (χ0v) is 13.5. The first-order valence-corrected chi connectivity index (χ1v) is 8.90. The average molecular weight is 349 g/mol. The number of hydrogen-bond donors (Lipinski definition) is 1. The maximum absolute atomic E-state index is 13.1. The van der Waals surface area contributed by atoms with Crippen LogP contribution in [0.4, 0.5) is 4.39 Å². The number of carbonyl (C=O) groups is 1. The first-order valence-electron chi connectivity index (χ1n) is 7.46. The highest BCUT2D eigenvalue weighted by atomic mass is 32.2. The van der Waals surface area contributed by atoms with Gasteiger partial charge in [-0.2, -0.15) is 4.31 Å². The molecule has 0 radical (unpaired) electrons. The predicted molar refractivity (Wildman–Crippen MR) is 85.4 cm³/mol. The lowest BCUT2D eigenvalue weighted by Crippen LogP contribution is -2.40. The van der Waals surface area contributed by atoms with E-state index < -0.39 is 27.9 Å². The van der Waals surface area contributed by atoms with Gasteiger partial charge in [0.05, 0.1) is 17.4 Å². The van der Waals surface area contributed by atoms with Crippen molar-refractivity contribution >= 4 is 16.0 Å². The van der Waals surface area contributed by atoms with E-state index in [1.54, 1.807) is 12.1 Å². The summed E-state index contributed by atoms with van der Waals surface area (Å²) in [7, 11) is -3.91. The molecule has 0 aliphatic carbocycles. The molecule has 0 amide bonds. The molecular weight excluding hydrogens is 333 g/mol. The van der Waals surface area contributed by atoms with Crippen molar-refractivity contribution in [1.29, 1.82) is 0 Å². The lowest BCUT2D eigenvalue weighted by molar-refractivity contribution is -0.138. The van der Waals surface area contributed by atoms with Gasteiger partial charge in [-0.1, -0.05) is 24.3 Å². The smallest absolute Gasteiger partial charge is 0.305 e. The van der Waals surface area contributed by atoms with Gasteiger partial charge in [0.1, 0.15) is 5.82 Å². The fourth-order valence-corrected chi connectivity index (χ4v) is 4.64. The molecule has 0 bridgehead atoms. The van der Waals surface area contributed by atoms with E-state index >= 15 is 0 Å². The molecule has 0 unspecified atom stereocenters. The van der Waals surface area contributed by atoms with Crippen molar-refractivity contribution in [2.24, 2.45) is 0 Å². The van der Waals surface area contributed by atoms with Crippen LogP contribution in [-0.2, 0) is 21.2 Å². The number of carboxylic acids is 1. The number of sulfonamides is 1. The van der Waals surface area contributed by atoms with Crippen LogP contribution in [0.15, 0.2) is 53.4 Å². The van der Waals surface area contributed by atoms with Gasteiger partial charge in [-0.3, -0.25) is 4.79 Å². The first-order chi connectivity index (χ1) is 11.4. The fourth-order valence-electron chi connectivity index (χ4n) is 3.04. The summed E-state index contributed by atoms with van der Waals surface area (Å²) >= 11 is 0. The molecule has 1 heterocycles. The number of halogens is 1. The van der Waals surface area contributed by atoms with E-state index in [-0.39, 0.29) is 17.9 Å². The summed E-state index contributed by atoms with van der Waals surface area (Å²) in [5, 5.41) is 9.21. The Morgan fingerprint density at radius 1 is 1.17 bits per heavy atom. The Kier molecular flexibility index (Phi) is 4.38. The Bertz CT molecular complexity index is 864. The molecular formula is C17H16FNO4S. The molecule has 7 heteroatoms. The Balaban J connectivity index is 2.05. The van der Waals surface area contributed by atoms with Gasteiger partial charge in [-0.15, -0.1) is 0 Å². The highest BCUT2D eigenvalue weighted by Gasteiger charge is 2.37. The van der Waals surface area contributed by atoms with Crippen molar-refractivity contribution in [2.45, 2.75) is 23.8 Å². The second-order valence-corrected chi connectivity index (χ2v) is 7.52. The van der Waals surface area contributed by atoms with E-state index in [0.717, 1.165) is 17.7 Å². The number of rotatable bonds is 4. The molecule has 5 nitrogen and oxygen atoms in total. The number of carboxylic acid groups (broad SMARTS) is 1.